The van der Waals surface area contributed by atoms with E-state index in [0.29, 0.717) is 23.4 Å². The number of halogens is 1. The Kier molecular flexibility index (Phi) is 4.19. The van der Waals surface area contributed by atoms with E-state index in [1.54, 1.807) is 12.4 Å². The van der Waals surface area contributed by atoms with Gasteiger partial charge in [-0.3, -0.25) is 4.98 Å². The van der Waals surface area contributed by atoms with Crippen LogP contribution in [0.5, 0.6) is 5.75 Å². The molecule has 1 N–H and O–H groups in total. The van der Waals surface area contributed by atoms with Crippen LogP contribution in [0.15, 0.2) is 42.7 Å². The highest BCUT2D eigenvalue weighted by Gasteiger charge is 2.20. The number of nitrogens with one attached hydrogen (secondary N) is 1. The summed E-state index contributed by atoms with van der Waals surface area (Å²) >= 11 is 6.26. The Morgan fingerprint density at radius 2 is 2.15 bits per heavy atom. The first-order chi connectivity index (χ1) is 9.81. The molecule has 0 spiro atoms. The van der Waals surface area contributed by atoms with Gasteiger partial charge in [0.15, 0.2) is 0 Å². The van der Waals surface area contributed by atoms with Crippen molar-refractivity contribution < 1.29 is 4.74 Å². The molecule has 3 nitrogen and oxygen atoms in total. The third-order valence-corrected chi connectivity index (χ3v) is 3.58. The smallest absolute Gasteiger partial charge is 0.138 e. The normalized spacial score (nSPS) is 14.2. The van der Waals surface area contributed by atoms with Gasteiger partial charge in [-0.15, -0.1) is 0 Å². The molecule has 4 heteroatoms. The molecule has 0 unspecified atom stereocenters. The van der Waals surface area contributed by atoms with Gasteiger partial charge in [-0.05, 0) is 36.6 Å². The van der Waals surface area contributed by atoms with Gasteiger partial charge in [-0.2, -0.15) is 0 Å². The molecule has 1 fully saturated rings. The van der Waals surface area contributed by atoms with Crippen LogP contribution in [0, 0.1) is 0 Å². The Morgan fingerprint density at radius 1 is 1.25 bits per heavy atom. The fourth-order valence-corrected chi connectivity index (χ4v) is 2.22. The predicted molar refractivity (Wildman–Crippen MR) is 79.9 cm³/mol. The van der Waals surface area contributed by atoms with Gasteiger partial charge in [-0.1, -0.05) is 23.7 Å². The third kappa shape index (κ3) is 3.71. The first kappa shape index (κ1) is 13.4. The summed E-state index contributed by atoms with van der Waals surface area (Å²) in [6.45, 7) is 1.35. The molecule has 3 rings (SSSR count). The van der Waals surface area contributed by atoms with Crippen LogP contribution in [0.3, 0.4) is 0 Å². The van der Waals surface area contributed by atoms with E-state index in [4.69, 9.17) is 16.3 Å². The topological polar surface area (TPSA) is 34.1 Å². The zero-order valence-electron chi connectivity index (χ0n) is 11.2. The van der Waals surface area contributed by atoms with E-state index >= 15 is 0 Å². The maximum absolute atomic E-state index is 6.26. The number of hydrogen-bond acceptors (Lipinski definition) is 3. The lowest BCUT2D eigenvalue weighted by Crippen LogP contribution is -2.15. The second-order valence-electron chi connectivity index (χ2n) is 5.07. The highest BCUT2D eigenvalue weighted by Crippen LogP contribution is 2.27. The number of nitrogens with zero attached hydrogens (tertiary/aromatic N) is 1. The van der Waals surface area contributed by atoms with Crippen LogP contribution >= 0.6 is 11.6 Å². The molecule has 1 heterocycles. The second kappa shape index (κ2) is 6.25. The van der Waals surface area contributed by atoms with Gasteiger partial charge in [0.25, 0.3) is 0 Å². The fraction of sp³-hybridized carbons (Fsp3) is 0.312. The number of rotatable bonds is 6. The summed E-state index contributed by atoms with van der Waals surface area (Å²) < 4.78 is 5.72. The number of aromatic nitrogens is 1. The van der Waals surface area contributed by atoms with Crippen molar-refractivity contribution in [2.24, 2.45) is 0 Å². The summed E-state index contributed by atoms with van der Waals surface area (Å²) in [7, 11) is 0. The minimum atomic E-state index is 0.479. The summed E-state index contributed by atoms with van der Waals surface area (Å²) in [6, 6.07) is 10.5. The van der Waals surface area contributed by atoms with Crippen LogP contribution in [0.2, 0.25) is 5.02 Å². The number of hydrogen-bond donors (Lipinski definition) is 1. The maximum atomic E-state index is 6.26. The molecule has 1 aromatic carbocycles. The van der Waals surface area contributed by atoms with Gasteiger partial charge in [0, 0.05) is 30.5 Å². The van der Waals surface area contributed by atoms with Crippen LogP contribution in [0.1, 0.15) is 24.0 Å². The van der Waals surface area contributed by atoms with Crippen molar-refractivity contribution >= 4 is 11.6 Å². The molecule has 2 aromatic rings. The van der Waals surface area contributed by atoms with Crippen LogP contribution in [-0.2, 0) is 13.2 Å². The van der Waals surface area contributed by atoms with E-state index in [1.807, 2.05) is 24.3 Å². The zero-order valence-corrected chi connectivity index (χ0v) is 11.9. The number of benzene rings is 1. The summed E-state index contributed by atoms with van der Waals surface area (Å²) in [5.41, 5.74) is 2.22. The minimum Gasteiger partial charge on any atom is -0.487 e. The standard InChI is InChI=1S/C16H17ClN2O/c17-15-8-12(10-19-14-4-5-14)3-6-16(15)20-11-13-2-1-7-18-9-13/h1-3,6-9,14,19H,4-5,10-11H2. The Hall–Kier alpha value is -1.58. The first-order valence-corrected chi connectivity index (χ1v) is 7.22. The molecule has 0 saturated heterocycles. The van der Waals surface area contributed by atoms with Gasteiger partial charge >= 0.3 is 0 Å². The average Bonchev–Trinajstić information content (AvgIpc) is 3.29. The van der Waals surface area contributed by atoms with Crippen molar-refractivity contribution in [3.05, 3.63) is 58.9 Å². The molecule has 0 bridgehead atoms. The molecular weight excluding hydrogens is 272 g/mol. The molecule has 0 radical (unpaired) electrons. The largest absolute Gasteiger partial charge is 0.487 e. The van der Waals surface area contributed by atoms with Crippen molar-refractivity contribution in [1.29, 1.82) is 0 Å². The van der Waals surface area contributed by atoms with Crippen LogP contribution in [0.4, 0.5) is 0 Å². The summed E-state index contributed by atoms with van der Waals surface area (Å²) in [5, 5.41) is 4.13. The molecule has 104 valence electrons. The van der Waals surface area contributed by atoms with E-state index in [-0.39, 0.29) is 0 Å². The van der Waals surface area contributed by atoms with E-state index in [9.17, 15) is 0 Å². The molecule has 1 aromatic heterocycles. The second-order valence-corrected chi connectivity index (χ2v) is 5.48. The summed E-state index contributed by atoms with van der Waals surface area (Å²) in [6.07, 6.45) is 6.13. The summed E-state index contributed by atoms with van der Waals surface area (Å²) in [4.78, 5) is 4.06. The lowest BCUT2D eigenvalue weighted by atomic mass is 10.2. The van der Waals surface area contributed by atoms with E-state index < -0.39 is 0 Å². The van der Waals surface area contributed by atoms with Crippen molar-refractivity contribution in [1.82, 2.24) is 10.3 Å². The first-order valence-electron chi connectivity index (χ1n) is 6.85. The molecule has 20 heavy (non-hydrogen) atoms. The highest BCUT2D eigenvalue weighted by molar-refractivity contribution is 6.32. The molecule has 1 aliphatic rings. The van der Waals surface area contributed by atoms with Crippen molar-refractivity contribution in [2.75, 3.05) is 0 Å². The molecule has 1 aliphatic carbocycles. The van der Waals surface area contributed by atoms with Gasteiger partial charge in [0.05, 0.1) is 5.02 Å². The van der Waals surface area contributed by atoms with E-state index in [0.717, 1.165) is 12.1 Å². The Labute approximate surface area is 123 Å². The lowest BCUT2D eigenvalue weighted by Gasteiger charge is -2.10. The molecule has 0 atom stereocenters. The number of pyridine rings is 1. The number of ether oxygens (including phenoxy) is 1. The summed E-state index contributed by atoms with van der Waals surface area (Å²) in [5.74, 6) is 0.714. The van der Waals surface area contributed by atoms with Gasteiger partial charge in [-0.25, -0.2) is 0 Å². The fourth-order valence-electron chi connectivity index (χ4n) is 1.97. The van der Waals surface area contributed by atoms with Crippen LogP contribution < -0.4 is 10.1 Å². The van der Waals surface area contributed by atoms with Gasteiger partial charge < -0.3 is 10.1 Å². The lowest BCUT2D eigenvalue weighted by molar-refractivity contribution is 0.306. The third-order valence-electron chi connectivity index (χ3n) is 3.29. The van der Waals surface area contributed by atoms with E-state index in [2.05, 4.69) is 16.4 Å². The molecular formula is C16H17ClN2O. The minimum absolute atomic E-state index is 0.479. The molecule has 0 amide bonds. The quantitative estimate of drug-likeness (QED) is 0.882. The molecule has 0 aliphatic heterocycles. The Morgan fingerprint density at radius 3 is 2.85 bits per heavy atom. The predicted octanol–water partition coefficient (Wildman–Crippen LogP) is 3.57. The zero-order chi connectivity index (χ0) is 13.8. The Bertz CT molecular complexity index is 570. The van der Waals surface area contributed by atoms with Crippen LogP contribution in [-0.4, -0.2) is 11.0 Å². The monoisotopic (exact) mass is 288 g/mol. The average molecular weight is 289 g/mol. The van der Waals surface area contributed by atoms with E-state index in [1.165, 1.54) is 18.4 Å². The Balaban J connectivity index is 1.58. The van der Waals surface area contributed by atoms with Crippen molar-refractivity contribution in [3.8, 4) is 5.75 Å². The van der Waals surface area contributed by atoms with Gasteiger partial charge in [0.2, 0.25) is 0 Å². The maximum Gasteiger partial charge on any atom is 0.138 e. The van der Waals surface area contributed by atoms with Gasteiger partial charge in [0.1, 0.15) is 12.4 Å². The van der Waals surface area contributed by atoms with Crippen molar-refractivity contribution in [2.45, 2.75) is 32.0 Å². The molecule has 1 saturated carbocycles. The van der Waals surface area contributed by atoms with Crippen molar-refractivity contribution in [3.63, 3.8) is 0 Å². The highest BCUT2D eigenvalue weighted by atomic mass is 35.5. The van der Waals surface area contributed by atoms with Crippen LogP contribution in [0.25, 0.3) is 0 Å². The SMILES string of the molecule is Clc1cc(CNC2CC2)ccc1OCc1cccnc1.